The zero-order valence-corrected chi connectivity index (χ0v) is 9.80. The van der Waals surface area contributed by atoms with Crippen LogP contribution in [0, 0.1) is 0 Å². The maximum atomic E-state index is 12.2. The number of carboxylic acid groups (broad SMARTS) is 1. The molecule has 5 nitrogen and oxygen atoms in total. The Labute approximate surface area is 104 Å². The van der Waals surface area contributed by atoms with Crippen LogP contribution in [-0.4, -0.2) is 29.1 Å². The molecule has 0 aliphatic carbocycles. The Kier molecular flexibility index (Phi) is 2.38. The Bertz CT molecular complexity index is 541. The highest BCUT2D eigenvalue weighted by molar-refractivity contribution is 6.05. The number of hydrogen-bond acceptors (Lipinski definition) is 3. The predicted octanol–water partition coefficient (Wildman–Crippen LogP) is 0.302. The summed E-state index contributed by atoms with van der Waals surface area (Å²) in [5.41, 5.74) is 8.56. The highest BCUT2D eigenvalue weighted by atomic mass is 16.4. The first-order chi connectivity index (χ1) is 8.59. The molecule has 0 bridgehead atoms. The highest BCUT2D eigenvalue weighted by Gasteiger charge is 2.42. The molecule has 0 spiro atoms. The SMILES string of the molecule is NC1CCc2cccc3c2N(C1=O)[C@H](C(=O)O)C3. The van der Waals surface area contributed by atoms with E-state index in [9.17, 15) is 14.7 Å². The summed E-state index contributed by atoms with van der Waals surface area (Å²) in [5, 5.41) is 9.26. The van der Waals surface area contributed by atoms with Crippen molar-refractivity contribution in [2.75, 3.05) is 4.90 Å². The largest absolute Gasteiger partial charge is 0.480 e. The molecule has 2 aliphatic rings. The van der Waals surface area contributed by atoms with Gasteiger partial charge in [-0.3, -0.25) is 9.69 Å². The number of amides is 1. The summed E-state index contributed by atoms with van der Waals surface area (Å²) in [4.78, 5) is 24.9. The lowest BCUT2D eigenvalue weighted by Crippen LogP contribution is -2.49. The number of rotatable bonds is 1. The van der Waals surface area contributed by atoms with Crippen LogP contribution in [0.5, 0.6) is 0 Å². The van der Waals surface area contributed by atoms with Gasteiger partial charge in [0, 0.05) is 6.42 Å². The standard InChI is InChI=1S/C13H14N2O3/c14-9-5-4-7-2-1-3-8-6-10(13(17)18)15(11(7)8)12(9)16/h1-3,9-10H,4-6,14H2,(H,17,18)/t9?,10-/m0/s1. The molecule has 3 N–H and O–H groups in total. The molecule has 2 aliphatic heterocycles. The van der Waals surface area contributed by atoms with E-state index in [0.717, 1.165) is 23.2 Å². The van der Waals surface area contributed by atoms with Crippen molar-refractivity contribution in [1.82, 2.24) is 0 Å². The van der Waals surface area contributed by atoms with Gasteiger partial charge in [-0.25, -0.2) is 4.79 Å². The Morgan fingerprint density at radius 3 is 2.83 bits per heavy atom. The molecule has 2 heterocycles. The van der Waals surface area contributed by atoms with E-state index < -0.39 is 18.1 Å². The summed E-state index contributed by atoms with van der Waals surface area (Å²) in [6.07, 6.45) is 1.66. The number of nitrogens with zero attached hydrogens (tertiary/aromatic N) is 1. The summed E-state index contributed by atoms with van der Waals surface area (Å²) in [6, 6.07) is 4.33. The van der Waals surface area contributed by atoms with Crippen molar-refractivity contribution in [3.8, 4) is 0 Å². The Hall–Kier alpha value is -1.88. The molecule has 5 heteroatoms. The average Bonchev–Trinajstić information content (AvgIpc) is 2.69. The fourth-order valence-corrected chi connectivity index (χ4v) is 2.85. The van der Waals surface area contributed by atoms with Crippen LogP contribution in [0.1, 0.15) is 17.5 Å². The van der Waals surface area contributed by atoms with Gasteiger partial charge in [0.05, 0.1) is 11.7 Å². The monoisotopic (exact) mass is 246 g/mol. The first-order valence-corrected chi connectivity index (χ1v) is 6.02. The predicted molar refractivity (Wildman–Crippen MR) is 65.4 cm³/mol. The van der Waals surface area contributed by atoms with Crippen molar-refractivity contribution in [2.45, 2.75) is 31.3 Å². The Morgan fingerprint density at radius 1 is 1.39 bits per heavy atom. The lowest BCUT2D eigenvalue weighted by molar-refractivity contribution is -0.140. The topological polar surface area (TPSA) is 83.6 Å². The van der Waals surface area contributed by atoms with E-state index in [2.05, 4.69) is 0 Å². The van der Waals surface area contributed by atoms with Gasteiger partial charge in [0.15, 0.2) is 0 Å². The molecule has 0 saturated carbocycles. The smallest absolute Gasteiger partial charge is 0.327 e. The first-order valence-electron chi connectivity index (χ1n) is 6.02. The summed E-state index contributed by atoms with van der Waals surface area (Å²) < 4.78 is 0. The second-order valence-electron chi connectivity index (χ2n) is 4.84. The second-order valence-corrected chi connectivity index (χ2v) is 4.84. The van der Waals surface area contributed by atoms with Crippen LogP contribution < -0.4 is 10.6 Å². The van der Waals surface area contributed by atoms with Crippen LogP contribution in [0.15, 0.2) is 18.2 Å². The minimum absolute atomic E-state index is 0.272. The van der Waals surface area contributed by atoms with Crippen LogP contribution >= 0.6 is 0 Å². The van der Waals surface area contributed by atoms with E-state index >= 15 is 0 Å². The third-order valence-electron chi connectivity index (χ3n) is 3.73. The number of benzene rings is 1. The highest BCUT2D eigenvalue weighted by Crippen LogP contribution is 2.38. The van der Waals surface area contributed by atoms with Crippen molar-refractivity contribution in [3.05, 3.63) is 29.3 Å². The molecule has 0 aromatic heterocycles. The lowest BCUT2D eigenvalue weighted by atomic mass is 10.0. The number of aryl methyl sites for hydroxylation is 1. The first kappa shape index (κ1) is 11.2. The molecular formula is C13H14N2O3. The lowest BCUT2D eigenvalue weighted by Gasteiger charge is -2.24. The minimum atomic E-state index is -0.973. The van der Waals surface area contributed by atoms with Crippen molar-refractivity contribution in [3.63, 3.8) is 0 Å². The molecule has 1 unspecified atom stereocenters. The van der Waals surface area contributed by atoms with Gasteiger partial charge >= 0.3 is 5.97 Å². The zero-order chi connectivity index (χ0) is 12.9. The molecule has 18 heavy (non-hydrogen) atoms. The Balaban J connectivity index is 2.18. The summed E-state index contributed by atoms with van der Waals surface area (Å²) in [5.74, 6) is -1.24. The van der Waals surface area contributed by atoms with E-state index in [1.807, 2.05) is 18.2 Å². The third kappa shape index (κ3) is 1.44. The van der Waals surface area contributed by atoms with Gasteiger partial charge in [-0.05, 0) is 24.0 Å². The van der Waals surface area contributed by atoms with Gasteiger partial charge in [-0.1, -0.05) is 18.2 Å². The Morgan fingerprint density at radius 2 is 2.11 bits per heavy atom. The minimum Gasteiger partial charge on any atom is -0.480 e. The number of anilines is 1. The number of carboxylic acids is 1. The van der Waals surface area contributed by atoms with E-state index in [4.69, 9.17) is 5.73 Å². The number of nitrogens with two attached hydrogens (primary N) is 1. The number of hydrogen-bond donors (Lipinski definition) is 2. The van der Waals surface area contributed by atoms with Gasteiger partial charge in [-0.15, -0.1) is 0 Å². The molecule has 0 fully saturated rings. The van der Waals surface area contributed by atoms with Crippen molar-refractivity contribution < 1.29 is 14.7 Å². The quantitative estimate of drug-likeness (QED) is 0.746. The van der Waals surface area contributed by atoms with Crippen molar-refractivity contribution in [2.24, 2.45) is 5.73 Å². The van der Waals surface area contributed by atoms with Gasteiger partial charge in [0.2, 0.25) is 5.91 Å². The fraction of sp³-hybridized carbons (Fsp3) is 0.385. The summed E-state index contributed by atoms with van der Waals surface area (Å²) in [7, 11) is 0. The summed E-state index contributed by atoms with van der Waals surface area (Å²) >= 11 is 0. The maximum absolute atomic E-state index is 12.2. The third-order valence-corrected chi connectivity index (χ3v) is 3.73. The van der Waals surface area contributed by atoms with E-state index in [0.29, 0.717) is 12.8 Å². The number of carbonyl (C=O) groups is 2. The molecule has 94 valence electrons. The van der Waals surface area contributed by atoms with Crippen molar-refractivity contribution in [1.29, 1.82) is 0 Å². The van der Waals surface area contributed by atoms with E-state index in [1.54, 1.807) is 0 Å². The molecule has 3 rings (SSSR count). The number of carbonyl (C=O) groups excluding carboxylic acids is 1. The fourth-order valence-electron chi connectivity index (χ4n) is 2.85. The molecule has 1 aromatic rings. The van der Waals surface area contributed by atoms with Crippen LogP contribution in [0.25, 0.3) is 0 Å². The van der Waals surface area contributed by atoms with Gasteiger partial charge in [0.25, 0.3) is 0 Å². The normalized spacial score (nSPS) is 25.8. The molecular weight excluding hydrogens is 232 g/mol. The van der Waals surface area contributed by atoms with Crippen LogP contribution in [0.4, 0.5) is 5.69 Å². The number of aliphatic carboxylic acids is 1. The van der Waals surface area contributed by atoms with Gasteiger partial charge in [0.1, 0.15) is 6.04 Å². The molecule has 1 aromatic carbocycles. The van der Waals surface area contributed by atoms with Crippen LogP contribution in [-0.2, 0) is 22.4 Å². The molecule has 0 saturated heterocycles. The van der Waals surface area contributed by atoms with Crippen molar-refractivity contribution >= 4 is 17.6 Å². The van der Waals surface area contributed by atoms with Crippen LogP contribution in [0.3, 0.4) is 0 Å². The van der Waals surface area contributed by atoms with Crippen LogP contribution in [0.2, 0.25) is 0 Å². The maximum Gasteiger partial charge on any atom is 0.327 e. The zero-order valence-electron chi connectivity index (χ0n) is 9.80. The average molecular weight is 246 g/mol. The molecule has 1 amide bonds. The van der Waals surface area contributed by atoms with E-state index in [1.165, 1.54) is 4.90 Å². The van der Waals surface area contributed by atoms with Gasteiger partial charge in [-0.2, -0.15) is 0 Å². The van der Waals surface area contributed by atoms with Gasteiger partial charge < -0.3 is 10.8 Å². The molecule has 0 radical (unpaired) electrons. The summed E-state index contributed by atoms with van der Waals surface area (Å²) in [6.45, 7) is 0. The number of para-hydroxylation sites is 1. The second kappa shape index (κ2) is 3.81. The molecule has 2 atom stereocenters. The van der Waals surface area contributed by atoms with E-state index in [-0.39, 0.29) is 5.91 Å².